The molecule has 143 heavy (non-hydrogen) atoms. The van der Waals surface area contributed by atoms with Crippen LogP contribution < -0.4 is 14.4 Å². The minimum absolute atomic E-state index is 0.294. The van der Waals surface area contributed by atoms with E-state index in [-0.39, 0.29) is 11.8 Å². The predicted octanol–water partition coefficient (Wildman–Crippen LogP) is 44.2. The number of imide groups is 1. The van der Waals surface area contributed by atoms with Gasteiger partial charge >= 0.3 is 0 Å². The summed E-state index contributed by atoms with van der Waals surface area (Å²) in [6.07, 6.45) is 84.5. The molecule has 13 aromatic rings. The van der Waals surface area contributed by atoms with Crippen molar-refractivity contribution < 1.29 is 19.1 Å². The summed E-state index contributed by atoms with van der Waals surface area (Å²) in [7, 11) is 0. The number of aromatic nitrogens is 4. The van der Waals surface area contributed by atoms with Gasteiger partial charge in [0.25, 0.3) is 11.8 Å². The molecule has 0 bridgehead atoms. The SMILES string of the molecule is CCCCCCCCCCCCc1ccc(N2C(=O)c3c(c(-c4ccc(-c5cc6c(CCCCCCCCCCCC)c7sc(-c8c(OCCCCCCCC)c(OCCCCCCCC)c(C)c9nsnc89)cc7c(CCCCCCCCCCCC)c6s5)s4)c4nsnc4c3-c3ccc(-c4cc5c(CCCCCCCCCCCC)c6sc(C)cc6c(CCCCCCCCCCCC)c5s4)s3)C2=O)cc1. The number of benzene rings is 5. The van der Waals surface area contributed by atoms with Crippen LogP contribution in [-0.4, -0.2) is 42.5 Å². The third-order valence-corrected chi connectivity index (χ3v) is 39.3. The van der Waals surface area contributed by atoms with E-state index >= 15 is 9.59 Å². The number of hydrogen-bond acceptors (Lipinski definition) is 16. The zero-order valence-electron chi connectivity index (χ0n) is 89.9. The second-order valence-corrected chi connectivity index (χ2v) is 50.1. The Morgan fingerprint density at radius 2 is 0.517 bits per heavy atom. The van der Waals surface area contributed by atoms with Gasteiger partial charge in [-0.1, -0.05) is 414 Å². The van der Waals surface area contributed by atoms with Gasteiger partial charge in [0.2, 0.25) is 0 Å². The number of carbonyl (C=O) groups excluding carboxylic acids is 2. The van der Waals surface area contributed by atoms with Crippen LogP contribution in [0.15, 0.2) is 72.8 Å². The first-order chi connectivity index (χ1) is 70.5. The molecule has 0 radical (unpaired) electrons. The van der Waals surface area contributed by atoms with Gasteiger partial charge in [0.05, 0.1) is 59.0 Å². The van der Waals surface area contributed by atoms with Crippen molar-refractivity contribution in [3.8, 4) is 62.3 Å². The summed E-state index contributed by atoms with van der Waals surface area (Å²) < 4.78 is 41.1. The minimum Gasteiger partial charge on any atom is -0.489 e. The van der Waals surface area contributed by atoms with Gasteiger partial charge in [-0.15, -0.1) is 68.0 Å². The molecule has 778 valence electrons. The molecule has 1 aliphatic heterocycles. The van der Waals surface area contributed by atoms with Crippen LogP contribution >= 0.6 is 91.5 Å². The van der Waals surface area contributed by atoms with E-state index in [4.69, 9.17) is 27.0 Å². The van der Waals surface area contributed by atoms with Crippen molar-refractivity contribution in [3.63, 3.8) is 0 Å². The molecule has 5 aromatic carbocycles. The number of thiophene rings is 6. The van der Waals surface area contributed by atoms with Crippen LogP contribution in [0.1, 0.15) is 506 Å². The summed E-state index contributed by atoms with van der Waals surface area (Å²) in [4.78, 5) is 43.8. The number of nitrogens with zero attached hydrogens (tertiary/aromatic N) is 5. The molecule has 9 nitrogen and oxygen atoms in total. The van der Waals surface area contributed by atoms with Gasteiger partial charge in [-0.3, -0.25) is 9.59 Å². The van der Waals surface area contributed by atoms with E-state index in [1.165, 1.54) is 474 Å². The quantitative estimate of drug-likeness (QED) is 0.0274. The van der Waals surface area contributed by atoms with Crippen LogP contribution in [0.5, 0.6) is 11.5 Å². The number of aryl methyl sites for hydroxylation is 7. The fraction of sp³-hybridized carbons (Fsp3) is 0.619. The third-order valence-electron chi connectivity index (χ3n) is 30.9. The first-order valence-corrected chi connectivity index (χ1v) is 64.9. The van der Waals surface area contributed by atoms with Crippen molar-refractivity contribution in [1.29, 1.82) is 0 Å². The smallest absolute Gasteiger partial charge is 0.266 e. The van der Waals surface area contributed by atoms with Crippen LogP contribution in [0.2, 0.25) is 0 Å². The molecule has 0 atom stereocenters. The molecule has 8 aromatic heterocycles. The molecule has 14 rings (SSSR count). The highest BCUT2D eigenvalue weighted by Gasteiger charge is 2.45. The minimum atomic E-state index is -0.296. The summed E-state index contributed by atoms with van der Waals surface area (Å²) >= 11 is 13.9. The van der Waals surface area contributed by atoms with Crippen LogP contribution in [0.25, 0.3) is 113 Å². The molecule has 2 amide bonds. The molecular formula is C126H177N5O4S8. The van der Waals surface area contributed by atoms with E-state index in [0.29, 0.717) is 46.6 Å². The molecular weight excluding hydrogens is 1900 g/mol. The predicted molar refractivity (Wildman–Crippen MR) is 635 cm³/mol. The molecule has 0 spiro atoms. The Hall–Kier alpha value is -6.28. The Kier molecular flexibility index (Phi) is 48.5. The maximum absolute atomic E-state index is 16.5. The Bertz CT molecular complexity index is 5820. The second kappa shape index (κ2) is 61.8. The summed E-state index contributed by atoms with van der Waals surface area (Å²) in [6, 6.07) is 27.7. The number of fused-ring (bicyclic) bond motifs is 7. The van der Waals surface area contributed by atoms with Gasteiger partial charge in [-0.2, -0.15) is 17.5 Å². The fourth-order valence-electron chi connectivity index (χ4n) is 22.5. The Balaban J connectivity index is 0.858. The van der Waals surface area contributed by atoms with Crippen LogP contribution in [0.4, 0.5) is 5.69 Å². The van der Waals surface area contributed by atoms with Crippen molar-refractivity contribution in [1.82, 2.24) is 17.5 Å². The van der Waals surface area contributed by atoms with E-state index < -0.39 is 0 Å². The van der Waals surface area contributed by atoms with Gasteiger partial charge in [0, 0.05) is 74.5 Å². The van der Waals surface area contributed by atoms with Crippen molar-refractivity contribution >= 4 is 171 Å². The lowest BCUT2D eigenvalue weighted by atomic mass is 9.93. The number of rotatable bonds is 77. The molecule has 9 heterocycles. The number of hydrogen-bond donors (Lipinski definition) is 0. The van der Waals surface area contributed by atoms with Crippen LogP contribution in [0.3, 0.4) is 0 Å². The van der Waals surface area contributed by atoms with Gasteiger partial charge in [0.15, 0.2) is 11.5 Å². The highest BCUT2D eigenvalue weighted by Crippen LogP contribution is 2.57. The summed E-state index contributed by atoms with van der Waals surface area (Å²) in [5, 5.41) is 5.68. The van der Waals surface area contributed by atoms with E-state index in [0.717, 1.165) is 131 Å². The van der Waals surface area contributed by atoms with Crippen LogP contribution in [0, 0.1) is 13.8 Å². The van der Waals surface area contributed by atoms with Crippen molar-refractivity contribution in [2.24, 2.45) is 0 Å². The van der Waals surface area contributed by atoms with E-state index in [1.807, 2.05) is 57.5 Å². The van der Waals surface area contributed by atoms with E-state index in [9.17, 15) is 0 Å². The fourth-order valence-corrected chi connectivity index (χ4v) is 31.0. The highest BCUT2D eigenvalue weighted by atomic mass is 32.1. The third kappa shape index (κ3) is 31.0. The summed E-state index contributed by atoms with van der Waals surface area (Å²) in [5.74, 6) is 1.10. The highest BCUT2D eigenvalue weighted by molar-refractivity contribution is 7.28. The Labute approximate surface area is 895 Å². The lowest BCUT2D eigenvalue weighted by Crippen LogP contribution is -2.29. The maximum Gasteiger partial charge on any atom is 0.266 e. The number of unbranched alkanes of at least 4 members (excludes halogenated alkanes) is 55. The molecule has 0 unspecified atom stereocenters. The monoisotopic (exact) mass is 2080 g/mol. The number of anilines is 1. The zero-order valence-corrected chi connectivity index (χ0v) is 96.4. The van der Waals surface area contributed by atoms with Gasteiger partial charge in [-0.25, -0.2) is 4.90 Å². The Morgan fingerprint density at radius 3 is 0.867 bits per heavy atom. The molecule has 1 aliphatic rings. The van der Waals surface area contributed by atoms with Crippen molar-refractivity contribution in [3.05, 3.63) is 122 Å². The molecule has 0 fully saturated rings. The zero-order chi connectivity index (χ0) is 99.5. The lowest BCUT2D eigenvalue weighted by Gasteiger charge is -2.19. The average Bonchev–Trinajstić information content (AvgIpc) is 1.54. The van der Waals surface area contributed by atoms with Gasteiger partial charge in [0.1, 0.15) is 22.1 Å². The van der Waals surface area contributed by atoms with Gasteiger partial charge < -0.3 is 9.47 Å². The van der Waals surface area contributed by atoms with E-state index in [2.05, 4.69) is 123 Å². The normalized spacial score (nSPS) is 12.5. The average molecular weight is 2080 g/mol. The molecule has 0 saturated carbocycles. The lowest BCUT2D eigenvalue weighted by molar-refractivity contribution is 0.0926. The molecule has 17 heteroatoms. The van der Waals surface area contributed by atoms with E-state index in [1.54, 1.807) is 22.7 Å². The number of ether oxygens (including phenoxy) is 2. The molecule has 0 saturated heterocycles. The first kappa shape index (κ1) is 112. The van der Waals surface area contributed by atoms with Crippen molar-refractivity contribution in [2.75, 3.05) is 18.1 Å². The second-order valence-electron chi connectivity index (χ2n) is 42.5. The van der Waals surface area contributed by atoms with Crippen molar-refractivity contribution in [2.45, 2.75) is 493 Å². The molecule has 0 aliphatic carbocycles. The summed E-state index contributed by atoms with van der Waals surface area (Å²) in [6.45, 7) is 21.9. The summed E-state index contributed by atoms with van der Waals surface area (Å²) in [5.41, 5.74) is 15.4. The standard InChI is InChI=1S/C126H177N5O4S8/c1-10-17-24-31-38-43-48-53-58-65-72-93-77-79-94(80-78-93)131-125(132)113-110(105-83-81-103(137-105)107-88-100-96(74-67-60-55-50-45-40-33-26-19-12-3)121-99(87-91(8)136-121)95(122(100)139-107)73-66-59-54-49-44-39-32-25-18-11-2)116-117(129-143-128-116)111(114(113)126(131)133)106-84-82-104(138-106)108-89-101-97(75-68-61-56-51-46-41-34-27-20-13-4)124-102(98(123(101)140-108)76-69-62-57-52-47-42-35-28-21-14-5)90-109(141-124)112-118-115(127-142-130-118)92(9)119(134-85-70-63-36-29-22-15-6)120(112)135-86-71-64-37-30-23-16-7/h77-84,87-90H,10-76,85-86H2,1-9H3. The van der Waals surface area contributed by atoms with Crippen LogP contribution in [-0.2, 0) is 32.1 Å². The topological polar surface area (TPSA) is 107 Å². The molecule has 0 N–H and O–H groups in total. The Morgan fingerprint density at radius 1 is 0.245 bits per heavy atom. The maximum atomic E-state index is 16.5. The number of amides is 2. The number of carbonyl (C=O) groups is 2. The largest absolute Gasteiger partial charge is 0.489 e. The van der Waals surface area contributed by atoms with Gasteiger partial charge in [-0.05, 0) is 201 Å². The first-order valence-electron chi connectivity index (χ1n) is 58.6.